The van der Waals surface area contributed by atoms with Crippen molar-refractivity contribution in [2.45, 2.75) is 6.54 Å². The summed E-state index contributed by atoms with van der Waals surface area (Å²) in [7, 11) is 4.74. The van der Waals surface area contributed by atoms with E-state index in [1.807, 2.05) is 36.4 Å². The number of ether oxygens (including phenoxy) is 3. The molecule has 0 aromatic heterocycles. The molecule has 0 spiro atoms. The molecule has 132 valence electrons. The summed E-state index contributed by atoms with van der Waals surface area (Å²) >= 11 is 3.41. The molecule has 1 amide bonds. The zero-order chi connectivity index (χ0) is 18.2. The largest absolute Gasteiger partial charge is 0.496 e. The van der Waals surface area contributed by atoms with Crippen LogP contribution in [0.1, 0.15) is 11.1 Å². The maximum Gasteiger partial charge on any atom is 0.244 e. The molecule has 5 nitrogen and oxygen atoms in total. The van der Waals surface area contributed by atoms with E-state index in [-0.39, 0.29) is 5.91 Å². The van der Waals surface area contributed by atoms with Crippen molar-refractivity contribution < 1.29 is 19.0 Å². The second kappa shape index (κ2) is 9.13. The lowest BCUT2D eigenvalue weighted by molar-refractivity contribution is -0.116. The van der Waals surface area contributed by atoms with E-state index in [0.717, 1.165) is 15.6 Å². The van der Waals surface area contributed by atoms with Crippen molar-refractivity contribution in [1.82, 2.24) is 5.32 Å². The van der Waals surface area contributed by atoms with Crippen LogP contribution in [-0.2, 0) is 11.3 Å². The Balaban J connectivity index is 2.06. The van der Waals surface area contributed by atoms with E-state index < -0.39 is 0 Å². The first-order valence-electron chi connectivity index (χ1n) is 7.58. The van der Waals surface area contributed by atoms with Gasteiger partial charge in [-0.05, 0) is 30.3 Å². The monoisotopic (exact) mass is 405 g/mol. The van der Waals surface area contributed by atoms with Gasteiger partial charge < -0.3 is 19.5 Å². The van der Waals surface area contributed by atoms with Crippen molar-refractivity contribution in [3.8, 4) is 17.2 Å². The average molecular weight is 406 g/mol. The van der Waals surface area contributed by atoms with E-state index in [1.54, 1.807) is 27.4 Å². The average Bonchev–Trinajstić information content (AvgIpc) is 2.64. The summed E-state index contributed by atoms with van der Waals surface area (Å²) in [5.41, 5.74) is 1.65. The number of halogens is 1. The van der Waals surface area contributed by atoms with Gasteiger partial charge in [0.15, 0.2) is 11.5 Å². The van der Waals surface area contributed by atoms with Crippen molar-refractivity contribution in [2.24, 2.45) is 0 Å². The summed E-state index contributed by atoms with van der Waals surface area (Å²) in [5.74, 6) is 1.72. The van der Waals surface area contributed by atoms with Crippen molar-refractivity contribution in [3.63, 3.8) is 0 Å². The molecule has 0 bridgehead atoms. The van der Waals surface area contributed by atoms with E-state index in [2.05, 4.69) is 21.2 Å². The number of carbonyl (C=O) groups excluding carboxylic acids is 1. The molecule has 0 saturated carbocycles. The van der Waals surface area contributed by atoms with Gasteiger partial charge in [-0.1, -0.05) is 28.1 Å². The lowest BCUT2D eigenvalue weighted by Crippen LogP contribution is -2.20. The van der Waals surface area contributed by atoms with Gasteiger partial charge in [0, 0.05) is 28.2 Å². The quantitative estimate of drug-likeness (QED) is 0.711. The summed E-state index contributed by atoms with van der Waals surface area (Å²) in [6.45, 7) is 0.333. The normalized spacial score (nSPS) is 10.6. The first-order valence-corrected chi connectivity index (χ1v) is 8.37. The summed E-state index contributed by atoms with van der Waals surface area (Å²) in [6, 6.07) is 11.1. The maximum absolute atomic E-state index is 12.1. The van der Waals surface area contributed by atoms with Gasteiger partial charge in [-0.25, -0.2) is 0 Å². The third kappa shape index (κ3) is 5.00. The Hall–Kier alpha value is -2.47. The Morgan fingerprint density at radius 1 is 1.08 bits per heavy atom. The van der Waals surface area contributed by atoms with Gasteiger partial charge in [-0.15, -0.1) is 0 Å². The number of amides is 1. The fourth-order valence-electron chi connectivity index (χ4n) is 2.34. The highest BCUT2D eigenvalue weighted by Crippen LogP contribution is 2.30. The summed E-state index contributed by atoms with van der Waals surface area (Å²) < 4.78 is 16.8. The zero-order valence-electron chi connectivity index (χ0n) is 14.3. The third-order valence-electron chi connectivity index (χ3n) is 3.54. The van der Waals surface area contributed by atoms with Gasteiger partial charge >= 0.3 is 0 Å². The predicted octanol–water partition coefficient (Wildman–Crippen LogP) is 3.80. The molecule has 1 N–H and O–H groups in total. The van der Waals surface area contributed by atoms with Crippen molar-refractivity contribution in [2.75, 3.05) is 21.3 Å². The van der Waals surface area contributed by atoms with Gasteiger partial charge in [0.2, 0.25) is 5.91 Å². The molecule has 2 aromatic rings. The Kier molecular flexibility index (Phi) is 6.89. The van der Waals surface area contributed by atoms with Crippen LogP contribution in [0.5, 0.6) is 17.2 Å². The number of hydrogen-bond donors (Lipinski definition) is 1. The highest BCUT2D eigenvalue weighted by atomic mass is 79.9. The van der Waals surface area contributed by atoms with Gasteiger partial charge in [0.1, 0.15) is 5.75 Å². The highest BCUT2D eigenvalue weighted by Gasteiger charge is 2.09. The number of rotatable bonds is 7. The molecule has 0 radical (unpaired) electrons. The first kappa shape index (κ1) is 18.9. The Bertz CT molecular complexity index is 774. The molecule has 2 aromatic carbocycles. The molecule has 0 saturated heterocycles. The number of carbonyl (C=O) groups is 1. The fourth-order valence-corrected chi connectivity index (χ4v) is 2.71. The Labute approximate surface area is 155 Å². The summed E-state index contributed by atoms with van der Waals surface area (Å²) in [5, 5.41) is 2.83. The minimum atomic E-state index is -0.216. The minimum Gasteiger partial charge on any atom is -0.496 e. The molecule has 0 aliphatic heterocycles. The second-order valence-corrected chi connectivity index (χ2v) is 6.01. The van der Waals surface area contributed by atoms with E-state index in [4.69, 9.17) is 14.2 Å². The molecule has 0 aliphatic carbocycles. The van der Waals surface area contributed by atoms with Gasteiger partial charge in [-0.2, -0.15) is 0 Å². The number of benzene rings is 2. The fraction of sp³-hybridized carbons (Fsp3) is 0.211. The lowest BCUT2D eigenvalue weighted by Gasteiger charge is -2.12. The topological polar surface area (TPSA) is 56.8 Å². The minimum absolute atomic E-state index is 0.216. The molecular weight excluding hydrogens is 386 g/mol. The van der Waals surface area contributed by atoms with Gasteiger partial charge in [0.25, 0.3) is 0 Å². The second-order valence-electron chi connectivity index (χ2n) is 5.09. The molecule has 0 aliphatic rings. The Morgan fingerprint density at radius 3 is 2.52 bits per heavy atom. The van der Waals surface area contributed by atoms with Crippen LogP contribution in [0.2, 0.25) is 0 Å². The van der Waals surface area contributed by atoms with E-state index in [1.165, 1.54) is 6.08 Å². The van der Waals surface area contributed by atoms with Crippen LogP contribution >= 0.6 is 15.9 Å². The molecule has 0 atom stereocenters. The Morgan fingerprint density at radius 2 is 1.84 bits per heavy atom. The molecule has 2 rings (SSSR count). The molecule has 25 heavy (non-hydrogen) atoms. The summed E-state index contributed by atoms with van der Waals surface area (Å²) in [6.07, 6.45) is 3.18. The van der Waals surface area contributed by atoms with Crippen LogP contribution in [0.15, 0.2) is 46.9 Å². The van der Waals surface area contributed by atoms with Gasteiger partial charge in [0.05, 0.1) is 21.3 Å². The van der Waals surface area contributed by atoms with Crippen LogP contribution in [-0.4, -0.2) is 27.2 Å². The van der Waals surface area contributed by atoms with Crippen molar-refractivity contribution in [3.05, 3.63) is 58.1 Å². The van der Waals surface area contributed by atoms with Crippen LogP contribution in [0.25, 0.3) is 6.08 Å². The summed E-state index contributed by atoms with van der Waals surface area (Å²) in [4.78, 5) is 12.1. The SMILES string of the molecule is COc1ccc(Br)cc1/C=C/C(=O)NCc1cccc(OC)c1OC. The highest BCUT2D eigenvalue weighted by molar-refractivity contribution is 9.10. The first-order chi connectivity index (χ1) is 12.1. The van der Waals surface area contributed by atoms with Crippen molar-refractivity contribution >= 4 is 27.9 Å². The number of hydrogen-bond acceptors (Lipinski definition) is 4. The van der Waals surface area contributed by atoms with Crippen LogP contribution < -0.4 is 19.5 Å². The van der Waals surface area contributed by atoms with Gasteiger partial charge in [-0.3, -0.25) is 4.79 Å². The van der Waals surface area contributed by atoms with E-state index in [0.29, 0.717) is 23.8 Å². The number of nitrogens with one attached hydrogen (secondary N) is 1. The van der Waals surface area contributed by atoms with Crippen LogP contribution in [0.4, 0.5) is 0 Å². The molecule has 6 heteroatoms. The number of para-hydroxylation sites is 1. The third-order valence-corrected chi connectivity index (χ3v) is 4.04. The lowest BCUT2D eigenvalue weighted by atomic mass is 10.1. The predicted molar refractivity (Wildman–Crippen MR) is 101 cm³/mol. The van der Waals surface area contributed by atoms with Crippen molar-refractivity contribution in [1.29, 1.82) is 0 Å². The molecule has 0 fully saturated rings. The molecular formula is C19H20BrNO4. The molecule has 0 heterocycles. The smallest absolute Gasteiger partial charge is 0.244 e. The van der Waals surface area contributed by atoms with Crippen LogP contribution in [0, 0.1) is 0 Å². The zero-order valence-corrected chi connectivity index (χ0v) is 15.9. The van der Waals surface area contributed by atoms with E-state index >= 15 is 0 Å². The standard InChI is InChI=1S/C19H20BrNO4/c1-23-16-9-8-15(20)11-13(16)7-10-18(22)21-12-14-5-4-6-17(24-2)19(14)25-3/h4-11H,12H2,1-3H3,(H,21,22)/b10-7+. The number of methoxy groups -OCH3 is 3. The molecule has 0 unspecified atom stereocenters. The van der Waals surface area contributed by atoms with Crippen LogP contribution in [0.3, 0.4) is 0 Å². The van der Waals surface area contributed by atoms with E-state index in [9.17, 15) is 4.79 Å². The maximum atomic E-state index is 12.1.